The Morgan fingerprint density at radius 2 is 1.94 bits per heavy atom. The van der Waals surface area contributed by atoms with E-state index < -0.39 is 10.0 Å². The van der Waals surface area contributed by atoms with Crippen LogP contribution in [0.25, 0.3) is 0 Å². The van der Waals surface area contributed by atoms with Crippen molar-refractivity contribution in [2.45, 2.75) is 0 Å². The third-order valence-electron chi connectivity index (χ3n) is 2.27. The highest BCUT2D eigenvalue weighted by Crippen LogP contribution is 2.21. The van der Waals surface area contributed by atoms with Crippen LogP contribution in [0.4, 0.5) is 5.69 Å². The van der Waals surface area contributed by atoms with Crippen LogP contribution >= 0.6 is 11.6 Å². The number of rotatable bonds is 4. The average molecular weight is 291 g/mol. The van der Waals surface area contributed by atoms with Crippen molar-refractivity contribution in [1.82, 2.24) is 4.90 Å². The minimum atomic E-state index is -3.54. The van der Waals surface area contributed by atoms with Crippen LogP contribution in [-0.2, 0) is 14.8 Å². The lowest BCUT2D eigenvalue weighted by molar-refractivity contribution is -0.127. The van der Waals surface area contributed by atoms with Crippen molar-refractivity contribution >= 4 is 33.2 Å². The predicted octanol–water partition coefficient (Wildman–Crippen LogP) is 1.19. The smallest absolute Gasteiger partial charge is 0.242 e. The van der Waals surface area contributed by atoms with Crippen LogP contribution in [0.5, 0.6) is 0 Å². The van der Waals surface area contributed by atoms with E-state index in [0.29, 0.717) is 10.7 Å². The highest BCUT2D eigenvalue weighted by atomic mass is 35.5. The second-order valence-electron chi connectivity index (χ2n) is 4.04. The van der Waals surface area contributed by atoms with E-state index in [4.69, 9.17) is 11.6 Å². The molecule has 0 atom stereocenters. The van der Waals surface area contributed by atoms with Gasteiger partial charge >= 0.3 is 0 Å². The van der Waals surface area contributed by atoms with E-state index in [9.17, 15) is 13.2 Å². The minimum absolute atomic E-state index is 0.244. The van der Waals surface area contributed by atoms with Crippen molar-refractivity contribution < 1.29 is 13.2 Å². The van der Waals surface area contributed by atoms with Gasteiger partial charge in [0.2, 0.25) is 15.9 Å². The molecule has 0 N–H and O–H groups in total. The molecule has 1 aromatic carbocycles. The van der Waals surface area contributed by atoms with Gasteiger partial charge in [0, 0.05) is 19.1 Å². The van der Waals surface area contributed by atoms with Crippen molar-refractivity contribution in [2.24, 2.45) is 0 Å². The fourth-order valence-corrected chi connectivity index (χ4v) is 2.32. The molecular weight excluding hydrogens is 276 g/mol. The van der Waals surface area contributed by atoms with Crippen molar-refractivity contribution in [2.75, 3.05) is 31.2 Å². The predicted molar refractivity (Wildman–Crippen MR) is 72.3 cm³/mol. The molecule has 0 fully saturated rings. The number of carbonyl (C=O) groups excluding carboxylic acids is 1. The molecule has 1 aromatic rings. The Morgan fingerprint density at radius 1 is 1.33 bits per heavy atom. The maximum absolute atomic E-state index is 11.7. The van der Waals surface area contributed by atoms with Crippen LogP contribution in [0.3, 0.4) is 0 Å². The van der Waals surface area contributed by atoms with E-state index in [0.717, 1.165) is 10.6 Å². The summed E-state index contributed by atoms with van der Waals surface area (Å²) < 4.78 is 24.5. The Bertz CT molecular complexity index is 543. The lowest BCUT2D eigenvalue weighted by Gasteiger charge is -2.23. The molecule has 0 bridgehead atoms. The quantitative estimate of drug-likeness (QED) is 0.837. The third kappa shape index (κ3) is 3.89. The molecule has 1 rings (SSSR count). The summed E-state index contributed by atoms with van der Waals surface area (Å²) in [5.41, 5.74) is 0.375. The van der Waals surface area contributed by atoms with E-state index in [1.807, 2.05) is 0 Å². The Labute approximate surface area is 112 Å². The van der Waals surface area contributed by atoms with Crippen LogP contribution in [-0.4, -0.2) is 46.1 Å². The fourth-order valence-electron chi connectivity index (χ4n) is 1.30. The SMILES string of the molecule is CN(C)C(=O)CN(c1cccc(Cl)c1)S(C)(=O)=O. The number of anilines is 1. The van der Waals surface area contributed by atoms with Crippen molar-refractivity contribution in [1.29, 1.82) is 0 Å². The molecule has 1 amide bonds. The van der Waals surface area contributed by atoms with Crippen LogP contribution in [0.2, 0.25) is 5.02 Å². The average Bonchev–Trinajstić information content (AvgIpc) is 2.23. The van der Waals surface area contributed by atoms with Gasteiger partial charge in [-0.05, 0) is 18.2 Å². The van der Waals surface area contributed by atoms with Crippen molar-refractivity contribution in [3.05, 3.63) is 29.3 Å². The monoisotopic (exact) mass is 290 g/mol. The number of hydrogen-bond acceptors (Lipinski definition) is 3. The lowest BCUT2D eigenvalue weighted by atomic mass is 10.3. The molecule has 0 aliphatic heterocycles. The highest BCUT2D eigenvalue weighted by molar-refractivity contribution is 7.92. The summed E-state index contributed by atoms with van der Waals surface area (Å²) in [6.07, 6.45) is 1.05. The highest BCUT2D eigenvalue weighted by Gasteiger charge is 2.21. The number of halogens is 1. The van der Waals surface area contributed by atoms with Crippen molar-refractivity contribution in [3.63, 3.8) is 0 Å². The van der Waals surface area contributed by atoms with Gasteiger partial charge < -0.3 is 4.90 Å². The number of amides is 1. The summed E-state index contributed by atoms with van der Waals surface area (Å²) >= 11 is 5.82. The Hall–Kier alpha value is -1.27. The van der Waals surface area contributed by atoms with Gasteiger partial charge in [0.25, 0.3) is 0 Å². The van der Waals surface area contributed by atoms with Crippen LogP contribution in [0, 0.1) is 0 Å². The normalized spacial score (nSPS) is 11.1. The van der Waals surface area contributed by atoms with E-state index in [1.165, 1.54) is 11.0 Å². The maximum Gasteiger partial charge on any atom is 0.242 e. The van der Waals surface area contributed by atoms with Crippen molar-refractivity contribution in [3.8, 4) is 0 Å². The molecule has 0 heterocycles. The first-order chi connectivity index (χ1) is 8.21. The largest absolute Gasteiger partial charge is 0.347 e. The Balaban J connectivity index is 3.12. The molecule has 0 radical (unpaired) electrons. The Kier molecular flexibility index (Phi) is 4.59. The summed E-state index contributed by atoms with van der Waals surface area (Å²) in [7, 11) is -0.396. The molecule has 0 saturated heterocycles. The van der Waals surface area contributed by atoms with Gasteiger partial charge in [0.15, 0.2) is 0 Å². The molecule has 0 aliphatic carbocycles. The molecule has 0 spiro atoms. The van der Waals surface area contributed by atoms with Gasteiger partial charge in [0.05, 0.1) is 11.9 Å². The van der Waals surface area contributed by atoms with E-state index in [-0.39, 0.29) is 12.5 Å². The second-order valence-corrected chi connectivity index (χ2v) is 6.38. The molecule has 0 aromatic heterocycles. The van der Waals surface area contributed by atoms with E-state index in [2.05, 4.69) is 0 Å². The summed E-state index contributed by atoms with van der Waals surface area (Å²) in [4.78, 5) is 13.0. The summed E-state index contributed by atoms with van der Waals surface area (Å²) in [5.74, 6) is -0.305. The molecule has 100 valence electrons. The zero-order valence-electron chi connectivity index (χ0n) is 10.4. The van der Waals surface area contributed by atoms with Gasteiger partial charge in [-0.3, -0.25) is 9.10 Å². The first-order valence-electron chi connectivity index (χ1n) is 5.15. The van der Waals surface area contributed by atoms with Gasteiger partial charge in [-0.15, -0.1) is 0 Å². The number of carbonyl (C=O) groups is 1. The number of hydrogen-bond donors (Lipinski definition) is 0. The first-order valence-corrected chi connectivity index (χ1v) is 7.38. The fraction of sp³-hybridized carbons (Fsp3) is 0.364. The third-order valence-corrected chi connectivity index (χ3v) is 3.65. The van der Waals surface area contributed by atoms with Gasteiger partial charge in [-0.1, -0.05) is 17.7 Å². The van der Waals surface area contributed by atoms with E-state index >= 15 is 0 Å². The molecule has 5 nitrogen and oxygen atoms in total. The molecule has 0 unspecified atom stereocenters. The molecule has 7 heteroatoms. The topological polar surface area (TPSA) is 57.7 Å². The number of nitrogens with zero attached hydrogens (tertiary/aromatic N) is 2. The molecule has 0 aliphatic rings. The summed E-state index contributed by atoms with van der Waals surface area (Å²) in [6, 6.07) is 6.37. The Morgan fingerprint density at radius 3 is 2.39 bits per heavy atom. The molecule has 18 heavy (non-hydrogen) atoms. The van der Waals surface area contributed by atoms with Crippen LogP contribution < -0.4 is 4.31 Å². The lowest BCUT2D eigenvalue weighted by Crippen LogP contribution is -2.39. The van der Waals surface area contributed by atoms with Gasteiger partial charge in [-0.25, -0.2) is 8.42 Å². The number of likely N-dealkylation sites (N-methyl/N-ethyl adjacent to an activating group) is 1. The number of benzene rings is 1. The summed E-state index contributed by atoms with van der Waals surface area (Å²) in [5, 5.41) is 0.415. The second kappa shape index (κ2) is 5.58. The van der Waals surface area contributed by atoms with Gasteiger partial charge in [-0.2, -0.15) is 0 Å². The zero-order valence-corrected chi connectivity index (χ0v) is 12.0. The summed E-state index contributed by atoms with van der Waals surface area (Å²) in [6.45, 7) is -0.244. The van der Waals surface area contributed by atoms with Crippen LogP contribution in [0.1, 0.15) is 0 Å². The molecule has 0 saturated carbocycles. The number of sulfonamides is 1. The molecular formula is C11H15ClN2O3S. The standard InChI is InChI=1S/C11H15ClN2O3S/c1-13(2)11(15)8-14(18(3,16)17)10-6-4-5-9(12)7-10/h4-7H,8H2,1-3H3. The van der Waals surface area contributed by atoms with Crippen LogP contribution in [0.15, 0.2) is 24.3 Å². The minimum Gasteiger partial charge on any atom is -0.347 e. The maximum atomic E-state index is 11.7. The van der Waals surface area contributed by atoms with E-state index in [1.54, 1.807) is 32.3 Å². The van der Waals surface area contributed by atoms with Gasteiger partial charge in [0.1, 0.15) is 6.54 Å². The first kappa shape index (κ1) is 14.8. The zero-order chi connectivity index (χ0) is 13.9.